The largest absolute Gasteiger partial charge is 0.504 e. The molecule has 0 saturated heterocycles. The molecule has 0 spiro atoms. The average molecular weight is 386 g/mol. The molecule has 2 aliphatic rings. The number of rotatable bonds is 4. The maximum Gasteiger partial charge on any atom is 0.227 e. The third-order valence-electron chi connectivity index (χ3n) is 4.90. The topological polar surface area (TPSA) is 89.3 Å². The number of fused-ring (bicyclic) bond motifs is 1. The van der Waals surface area contributed by atoms with Crippen molar-refractivity contribution >= 4 is 23.5 Å². The Kier molecular flexibility index (Phi) is 4.59. The summed E-state index contributed by atoms with van der Waals surface area (Å²) in [5.41, 5.74) is 2.48. The molecular formula is C19H22N4O3S. The van der Waals surface area contributed by atoms with Crippen LogP contribution >= 0.6 is 11.8 Å². The zero-order chi connectivity index (χ0) is 19.1. The van der Waals surface area contributed by atoms with E-state index in [4.69, 9.17) is 4.74 Å². The lowest BCUT2D eigenvalue weighted by atomic mass is 9.81. The molecule has 0 unspecified atom stereocenters. The molecule has 0 fully saturated rings. The van der Waals surface area contributed by atoms with Gasteiger partial charge in [0.2, 0.25) is 11.1 Å². The van der Waals surface area contributed by atoms with Crippen LogP contribution in [0.3, 0.4) is 0 Å². The van der Waals surface area contributed by atoms with Gasteiger partial charge in [-0.2, -0.15) is 4.98 Å². The van der Waals surface area contributed by atoms with Gasteiger partial charge in [-0.05, 0) is 35.8 Å². The summed E-state index contributed by atoms with van der Waals surface area (Å²) in [7, 11) is 1.51. The molecule has 0 saturated carbocycles. The zero-order valence-corrected chi connectivity index (χ0v) is 16.3. The summed E-state index contributed by atoms with van der Waals surface area (Å²) in [6.45, 7) is 4.13. The molecule has 1 aromatic heterocycles. The van der Waals surface area contributed by atoms with Crippen molar-refractivity contribution in [3.8, 4) is 11.5 Å². The standard InChI is InChI=1S/C19H22N4O3S/c1-4-27-19-21-18-20-12-7-10(2)8-14(25)16(12)17(23(18)22-19)11-5-6-13(24)15(9-11)26-3/h5-6,9-10,17,24H,4,7-8H2,1-3H3,(H,20,21,22)/t10-,17+/m0/s1. The maximum atomic E-state index is 12.9. The lowest BCUT2D eigenvalue weighted by molar-refractivity contribution is -0.117. The van der Waals surface area contributed by atoms with Gasteiger partial charge < -0.3 is 15.2 Å². The molecule has 0 radical (unpaired) electrons. The number of methoxy groups -OCH3 is 1. The Morgan fingerprint density at radius 2 is 2.22 bits per heavy atom. The van der Waals surface area contributed by atoms with Crippen LogP contribution < -0.4 is 10.1 Å². The molecule has 2 atom stereocenters. The van der Waals surface area contributed by atoms with Crippen molar-refractivity contribution in [2.45, 2.75) is 37.9 Å². The first-order valence-corrected chi connectivity index (χ1v) is 9.99. The number of allylic oxidation sites excluding steroid dienone is 2. The number of anilines is 1. The average Bonchev–Trinajstić information content (AvgIpc) is 3.02. The number of carbonyl (C=O) groups is 1. The number of hydrogen-bond donors (Lipinski definition) is 2. The van der Waals surface area contributed by atoms with E-state index in [1.54, 1.807) is 28.6 Å². The van der Waals surface area contributed by atoms with Gasteiger partial charge in [-0.15, -0.1) is 5.10 Å². The molecule has 0 amide bonds. The van der Waals surface area contributed by atoms with Gasteiger partial charge in [0.1, 0.15) is 6.04 Å². The Bertz CT molecular complexity index is 937. The fraction of sp³-hybridized carbons (Fsp3) is 0.421. The normalized spacial score (nSPS) is 21.5. The number of carbonyl (C=O) groups excluding carboxylic acids is 1. The van der Waals surface area contributed by atoms with Crippen molar-refractivity contribution in [2.75, 3.05) is 18.2 Å². The van der Waals surface area contributed by atoms with Crippen molar-refractivity contribution in [2.24, 2.45) is 5.92 Å². The van der Waals surface area contributed by atoms with Crippen LogP contribution in [0.25, 0.3) is 0 Å². The van der Waals surface area contributed by atoms with E-state index in [0.29, 0.717) is 23.3 Å². The van der Waals surface area contributed by atoms with Gasteiger partial charge in [0.25, 0.3) is 0 Å². The number of phenolic OH excluding ortho intramolecular Hbond substituents is 1. The van der Waals surface area contributed by atoms with E-state index in [1.807, 2.05) is 6.07 Å². The molecule has 142 valence electrons. The van der Waals surface area contributed by atoms with E-state index in [0.717, 1.165) is 29.0 Å². The van der Waals surface area contributed by atoms with Gasteiger partial charge in [-0.3, -0.25) is 4.79 Å². The highest BCUT2D eigenvalue weighted by molar-refractivity contribution is 7.99. The number of nitrogens with one attached hydrogen (secondary N) is 1. The van der Waals surface area contributed by atoms with E-state index in [2.05, 4.69) is 29.2 Å². The lowest BCUT2D eigenvalue weighted by Crippen LogP contribution is -2.33. The van der Waals surface area contributed by atoms with Gasteiger partial charge in [0.05, 0.1) is 7.11 Å². The molecule has 1 aromatic carbocycles. The minimum Gasteiger partial charge on any atom is -0.504 e. The van der Waals surface area contributed by atoms with Crippen molar-refractivity contribution < 1.29 is 14.6 Å². The van der Waals surface area contributed by atoms with Crippen LogP contribution in [-0.4, -0.2) is 38.5 Å². The summed E-state index contributed by atoms with van der Waals surface area (Å²) < 4.78 is 7.05. The first-order chi connectivity index (χ1) is 13.0. The number of aromatic hydroxyl groups is 1. The highest BCUT2D eigenvalue weighted by atomic mass is 32.2. The number of ketones is 1. The lowest BCUT2D eigenvalue weighted by Gasteiger charge is -2.34. The number of hydrogen-bond acceptors (Lipinski definition) is 7. The molecule has 2 heterocycles. The summed E-state index contributed by atoms with van der Waals surface area (Å²) in [6, 6.07) is 4.77. The van der Waals surface area contributed by atoms with E-state index < -0.39 is 0 Å². The zero-order valence-electron chi connectivity index (χ0n) is 15.5. The van der Waals surface area contributed by atoms with Crippen LogP contribution in [-0.2, 0) is 4.79 Å². The number of nitrogens with zero attached hydrogens (tertiary/aromatic N) is 3. The van der Waals surface area contributed by atoms with Gasteiger partial charge >= 0.3 is 0 Å². The molecule has 4 rings (SSSR count). The summed E-state index contributed by atoms with van der Waals surface area (Å²) in [4.78, 5) is 17.5. The highest BCUT2D eigenvalue weighted by Crippen LogP contribution is 2.43. The van der Waals surface area contributed by atoms with Crippen molar-refractivity contribution in [3.05, 3.63) is 35.0 Å². The highest BCUT2D eigenvalue weighted by Gasteiger charge is 2.38. The second-order valence-corrected chi connectivity index (χ2v) is 8.11. The van der Waals surface area contributed by atoms with Crippen LogP contribution in [0.4, 0.5) is 5.95 Å². The number of aromatic nitrogens is 3. The Labute approximate surface area is 161 Å². The maximum absolute atomic E-state index is 12.9. The summed E-state index contributed by atoms with van der Waals surface area (Å²) in [5, 5.41) is 18.6. The SMILES string of the molecule is CCSc1nc2n(n1)[C@H](c1ccc(O)c(OC)c1)C1=C(C[C@H](C)CC1=O)N2. The van der Waals surface area contributed by atoms with Gasteiger partial charge in [0, 0.05) is 17.7 Å². The quantitative estimate of drug-likeness (QED) is 0.779. The minimum absolute atomic E-state index is 0.0639. The molecule has 27 heavy (non-hydrogen) atoms. The summed E-state index contributed by atoms with van der Waals surface area (Å²) in [5.74, 6) is 2.36. The van der Waals surface area contributed by atoms with E-state index >= 15 is 0 Å². The Morgan fingerprint density at radius 3 is 2.96 bits per heavy atom. The molecule has 1 aliphatic heterocycles. The minimum atomic E-state index is -0.385. The van der Waals surface area contributed by atoms with Crippen molar-refractivity contribution in [1.82, 2.24) is 14.8 Å². The van der Waals surface area contributed by atoms with Crippen LogP contribution in [0.2, 0.25) is 0 Å². The second kappa shape index (κ2) is 6.92. The van der Waals surface area contributed by atoms with Gasteiger partial charge in [-0.25, -0.2) is 4.68 Å². The summed E-state index contributed by atoms with van der Waals surface area (Å²) >= 11 is 1.56. The fourth-order valence-electron chi connectivity index (χ4n) is 3.75. The molecule has 2 N–H and O–H groups in total. The van der Waals surface area contributed by atoms with E-state index in [9.17, 15) is 9.90 Å². The number of benzene rings is 1. The van der Waals surface area contributed by atoms with Gasteiger partial charge in [0.15, 0.2) is 17.3 Å². The Morgan fingerprint density at radius 1 is 1.41 bits per heavy atom. The summed E-state index contributed by atoms with van der Waals surface area (Å²) in [6.07, 6.45) is 1.32. The first-order valence-electron chi connectivity index (χ1n) is 9.01. The number of ether oxygens (including phenoxy) is 1. The molecule has 2 aromatic rings. The number of thioether (sulfide) groups is 1. The number of Topliss-reactive ketones (excluding diaryl/α,β-unsaturated/α-hetero) is 1. The smallest absolute Gasteiger partial charge is 0.227 e. The third kappa shape index (κ3) is 3.07. The van der Waals surface area contributed by atoms with Crippen molar-refractivity contribution in [3.63, 3.8) is 0 Å². The van der Waals surface area contributed by atoms with Gasteiger partial charge in [-0.1, -0.05) is 31.7 Å². The Balaban J connectivity index is 1.88. The predicted molar refractivity (Wildman–Crippen MR) is 103 cm³/mol. The first kappa shape index (κ1) is 17.9. The monoisotopic (exact) mass is 386 g/mol. The second-order valence-electron chi connectivity index (χ2n) is 6.88. The fourth-order valence-corrected chi connectivity index (χ4v) is 4.30. The molecule has 0 bridgehead atoms. The van der Waals surface area contributed by atoms with Crippen LogP contribution in [0, 0.1) is 5.92 Å². The molecule has 1 aliphatic carbocycles. The number of phenols is 1. The van der Waals surface area contributed by atoms with Crippen LogP contribution in [0.5, 0.6) is 11.5 Å². The van der Waals surface area contributed by atoms with E-state index in [1.165, 1.54) is 7.11 Å². The molecule has 7 nitrogen and oxygen atoms in total. The molecular weight excluding hydrogens is 364 g/mol. The van der Waals surface area contributed by atoms with Crippen LogP contribution in [0.15, 0.2) is 34.6 Å². The molecule has 8 heteroatoms. The van der Waals surface area contributed by atoms with Crippen LogP contribution in [0.1, 0.15) is 38.3 Å². The van der Waals surface area contributed by atoms with Crippen molar-refractivity contribution in [1.29, 1.82) is 0 Å². The predicted octanol–water partition coefficient (Wildman–Crippen LogP) is 3.37. The third-order valence-corrected chi connectivity index (χ3v) is 5.62. The Hall–Kier alpha value is -2.48. The van der Waals surface area contributed by atoms with E-state index in [-0.39, 0.29) is 23.5 Å².